The van der Waals surface area contributed by atoms with E-state index in [4.69, 9.17) is 28.9 Å². The fraction of sp³-hybridized carbons (Fsp3) is 0.143. The van der Waals surface area contributed by atoms with Crippen LogP contribution in [0.2, 0.25) is 10.0 Å². The lowest BCUT2D eigenvalue weighted by atomic mass is 10.1. The zero-order valence-corrected chi connectivity index (χ0v) is 13.2. The van der Waals surface area contributed by atoms with Gasteiger partial charge in [-0.25, -0.2) is 8.42 Å². The summed E-state index contributed by atoms with van der Waals surface area (Å²) >= 11 is 11.8. The lowest BCUT2D eigenvalue weighted by molar-refractivity contribution is 0.592. The normalized spacial score (nSPS) is 14.3. The van der Waals surface area contributed by atoms with Gasteiger partial charge in [-0.15, -0.1) is 0 Å². The predicted octanol–water partition coefficient (Wildman–Crippen LogP) is 3.33. The summed E-state index contributed by atoms with van der Waals surface area (Å²) in [6, 6.07) is 9.54. The Bertz CT molecular complexity index is 822. The van der Waals surface area contributed by atoms with Gasteiger partial charge in [-0.05, 0) is 48.4 Å². The molecule has 110 valence electrons. The zero-order chi connectivity index (χ0) is 15.2. The number of rotatable bonds is 2. The van der Waals surface area contributed by atoms with Crippen LogP contribution in [0.4, 0.5) is 11.4 Å². The van der Waals surface area contributed by atoms with E-state index in [1.807, 2.05) is 0 Å². The molecule has 3 rings (SSSR count). The van der Waals surface area contributed by atoms with Gasteiger partial charge in [0.05, 0.1) is 20.6 Å². The van der Waals surface area contributed by atoms with Gasteiger partial charge in [-0.3, -0.25) is 4.31 Å². The maximum absolute atomic E-state index is 12.7. The predicted molar refractivity (Wildman–Crippen MR) is 85.6 cm³/mol. The van der Waals surface area contributed by atoms with E-state index in [2.05, 4.69) is 0 Å². The minimum atomic E-state index is -3.65. The van der Waals surface area contributed by atoms with Crippen LogP contribution in [0.3, 0.4) is 0 Å². The molecule has 0 aromatic heterocycles. The molecule has 4 nitrogen and oxygen atoms in total. The van der Waals surface area contributed by atoms with Crippen LogP contribution in [-0.4, -0.2) is 15.0 Å². The Morgan fingerprint density at radius 3 is 2.52 bits per heavy atom. The first kappa shape index (κ1) is 14.5. The van der Waals surface area contributed by atoms with Crippen LogP contribution < -0.4 is 10.0 Å². The minimum Gasteiger partial charge on any atom is -0.399 e. The highest BCUT2D eigenvalue weighted by Gasteiger charge is 2.31. The molecule has 1 aliphatic heterocycles. The molecule has 0 saturated heterocycles. The lowest BCUT2D eigenvalue weighted by Crippen LogP contribution is -2.29. The molecule has 0 bridgehead atoms. The van der Waals surface area contributed by atoms with Crippen molar-refractivity contribution < 1.29 is 8.42 Å². The fourth-order valence-electron chi connectivity index (χ4n) is 2.41. The van der Waals surface area contributed by atoms with Crippen molar-refractivity contribution in [3.63, 3.8) is 0 Å². The number of nitrogens with two attached hydrogens (primary N) is 1. The van der Waals surface area contributed by atoms with Crippen molar-refractivity contribution in [3.05, 3.63) is 52.0 Å². The summed E-state index contributed by atoms with van der Waals surface area (Å²) in [5.74, 6) is 0. The molecule has 1 heterocycles. The van der Waals surface area contributed by atoms with Gasteiger partial charge >= 0.3 is 0 Å². The molecule has 7 heteroatoms. The summed E-state index contributed by atoms with van der Waals surface area (Å²) in [5.41, 5.74) is 7.95. The average Bonchev–Trinajstić information content (AvgIpc) is 2.85. The molecule has 1 aliphatic rings. The number of hydrogen-bond donors (Lipinski definition) is 1. The molecule has 0 saturated carbocycles. The van der Waals surface area contributed by atoms with Gasteiger partial charge in [0.2, 0.25) is 0 Å². The summed E-state index contributed by atoms with van der Waals surface area (Å²) in [6.45, 7) is 0.390. The molecular formula is C14H12Cl2N2O2S. The molecular weight excluding hydrogens is 331 g/mol. The van der Waals surface area contributed by atoms with Crippen LogP contribution in [-0.2, 0) is 16.4 Å². The second-order valence-electron chi connectivity index (χ2n) is 4.79. The quantitative estimate of drug-likeness (QED) is 0.851. The molecule has 0 unspecified atom stereocenters. The van der Waals surface area contributed by atoms with Crippen molar-refractivity contribution in [2.75, 3.05) is 16.6 Å². The van der Waals surface area contributed by atoms with Crippen LogP contribution in [0.5, 0.6) is 0 Å². The van der Waals surface area contributed by atoms with Gasteiger partial charge < -0.3 is 5.73 Å². The number of nitrogens with zero attached hydrogens (tertiary/aromatic N) is 1. The number of sulfonamides is 1. The highest BCUT2D eigenvalue weighted by molar-refractivity contribution is 7.92. The van der Waals surface area contributed by atoms with Crippen LogP contribution in [0, 0.1) is 0 Å². The van der Waals surface area contributed by atoms with Crippen molar-refractivity contribution in [2.45, 2.75) is 11.3 Å². The van der Waals surface area contributed by atoms with Gasteiger partial charge in [0, 0.05) is 12.2 Å². The number of halogens is 2. The van der Waals surface area contributed by atoms with E-state index in [0.717, 1.165) is 5.56 Å². The Morgan fingerprint density at radius 2 is 1.81 bits per heavy atom. The number of anilines is 2. The molecule has 2 aromatic rings. The third-order valence-electron chi connectivity index (χ3n) is 3.44. The van der Waals surface area contributed by atoms with E-state index in [0.29, 0.717) is 29.4 Å². The topological polar surface area (TPSA) is 63.4 Å². The number of benzene rings is 2. The van der Waals surface area contributed by atoms with E-state index < -0.39 is 10.0 Å². The van der Waals surface area contributed by atoms with Crippen molar-refractivity contribution in [1.29, 1.82) is 0 Å². The van der Waals surface area contributed by atoms with E-state index in [1.54, 1.807) is 18.2 Å². The van der Waals surface area contributed by atoms with Crippen LogP contribution in [0.25, 0.3) is 0 Å². The lowest BCUT2D eigenvalue weighted by Gasteiger charge is -2.20. The molecule has 0 atom stereocenters. The Morgan fingerprint density at radius 1 is 1.05 bits per heavy atom. The third-order valence-corrected chi connectivity index (χ3v) is 5.98. The van der Waals surface area contributed by atoms with Crippen molar-refractivity contribution >= 4 is 44.6 Å². The van der Waals surface area contributed by atoms with Crippen LogP contribution in [0.1, 0.15) is 5.56 Å². The summed E-state index contributed by atoms with van der Waals surface area (Å²) in [5, 5.41) is 0.541. The Hall–Kier alpha value is -1.43. The molecule has 0 radical (unpaired) electrons. The average molecular weight is 343 g/mol. The van der Waals surface area contributed by atoms with Crippen molar-refractivity contribution in [1.82, 2.24) is 0 Å². The van der Waals surface area contributed by atoms with Gasteiger partial charge in [-0.1, -0.05) is 23.2 Å². The number of nitrogen functional groups attached to an aromatic ring is 1. The maximum Gasteiger partial charge on any atom is 0.264 e. The number of fused-ring (bicyclic) bond motifs is 1. The van der Waals surface area contributed by atoms with E-state index in [1.165, 1.54) is 22.5 Å². The highest BCUT2D eigenvalue weighted by Crippen LogP contribution is 2.35. The molecule has 0 fully saturated rings. The van der Waals surface area contributed by atoms with E-state index >= 15 is 0 Å². The van der Waals surface area contributed by atoms with E-state index in [9.17, 15) is 8.42 Å². The largest absolute Gasteiger partial charge is 0.399 e. The summed E-state index contributed by atoms with van der Waals surface area (Å²) < 4.78 is 26.9. The van der Waals surface area contributed by atoms with Crippen LogP contribution >= 0.6 is 23.2 Å². The van der Waals surface area contributed by atoms with Crippen molar-refractivity contribution in [3.8, 4) is 0 Å². The van der Waals surface area contributed by atoms with Gasteiger partial charge in [-0.2, -0.15) is 0 Å². The van der Waals surface area contributed by atoms with Crippen LogP contribution in [0.15, 0.2) is 41.3 Å². The summed E-state index contributed by atoms with van der Waals surface area (Å²) in [6.07, 6.45) is 0.640. The van der Waals surface area contributed by atoms with Gasteiger partial charge in [0.15, 0.2) is 0 Å². The second-order valence-corrected chi connectivity index (χ2v) is 7.47. The molecule has 0 amide bonds. The van der Waals surface area contributed by atoms with Crippen molar-refractivity contribution in [2.24, 2.45) is 0 Å². The monoisotopic (exact) mass is 342 g/mol. The molecule has 21 heavy (non-hydrogen) atoms. The SMILES string of the molecule is Nc1ccc2c(c1)CCN2S(=O)(=O)c1ccc(Cl)c(Cl)c1. The maximum atomic E-state index is 12.7. The summed E-state index contributed by atoms with van der Waals surface area (Å²) in [7, 11) is -3.65. The fourth-order valence-corrected chi connectivity index (χ4v) is 4.30. The Labute approximate surface area is 133 Å². The van der Waals surface area contributed by atoms with Gasteiger partial charge in [0.1, 0.15) is 0 Å². The standard InChI is InChI=1S/C14H12Cl2N2O2S/c15-12-3-2-11(8-13(12)16)21(19,20)18-6-5-9-7-10(17)1-4-14(9)18/h1-4,7-8H,5-6,17H2. The third kappa shape index (κ3) is 2.46. The first-order valence-corrected chi connectivity index (χ1v) is 8.45. The first-order valence-electron chi connectivity index (χ1n) is 6.26. The molecule has 2 aromatic carbocycles. The molecule has 2 N–H and O–H groups in total. The molecule has 0 aliphatic carbocycles. The van der Waals surface area contributed by atoms with Gasteiger partial charge in [0.25, 0.3) is 10.0 Å². The number of hydrogen-bond acceptors (Lipinski definition) is 3. The molecule has 0 spiro atoms. The first-order chi connectivity index (χ1) is 9.89. The Balaban J connectivity index is 2.07. The minimum absolute atomic E-state index is 0.126. The second kappa shape index (κ2) is 5.09. The smallest absolute Gasteiger partial charge is 0.264 e. The Kier molecular flexibility index (Phi) is 3.51. The highest BCUT2D eigenvalue weighted by atomic mass is 35.5. The zero-order valence-electron chi connectivity index (χ0n) is 10.9. The van der Waals surface area contributed by atoms with E-state index in [-0.39, 0.29) is 9.92 Å². The summed E-state index contributed by atoms with van der Waals surface area (Å²) in [4.78, 5) is 0.126.